The summed E-state index contributed by atoms with van der Waals surface area (Å²) in [6.07, 6.45) is 1.10. The van der Waals surface area contributed by atoms with Crippen molar-refractivity contribution < 1.29 is 19.1 Å². The van der Waals surface area contributed by atoms with Crippen molar-refractivity contribution in [2.75, 3.05) is 13.7 Å². The van der Waals surface area contributed by atoms with Gasteiger partial charge in [0.1, 0.15) is 0 Å². The Morgan fingerprint density at radius 1 is 1.08 bits per heavy atom. The van der Waals surface area contributed by atoms with Crippen molar-refractivity contribution in [1.82, 2.24) is 4.90 Å². The van der Waals surface area contributed by atoms with Crippen LogP contribution in [0.2, 0.25) is 0 Å². The Kier molecular flexibility index (Phi) is 8.16. The van der Waals surface area contributed by atoms with Crippen LogP contribution in [0.25, 0.3) is 0 Å². The highest BCUT2D eigenvalue weighted by atomic mass is 16.5. The highest BCUT2D eigenvalue weighted by Gasteiger charge is 2.25. The maximum atomic E-state index is 12.5. The molecule has 0 aliphatic rings. The molecule has 0 aliphatic heterocycles. The van der Waals surface area contributed by atoms with Crippen molar-refractivity contribution in [3.05, 3.63) is 35.9 Å². The molecule has 2 atom stereocenters. The Bertz CT molecular complexity index is 556. The number of carbonyl (C=O) groups is 3. The lowest BCUT2D eigenvalue weighted by Crippen LogP contribution is -2.42. The molecule has 1 rings (SSSR count). The van der Waals surface area contributed by atoms with Crippen LogP contribution in [0.5, 0.6) is 0 Å². The molecule has 0 aromatic heterocycles. The first-order chi connectivity index (χ1) is 11.4. The maximum Gasteiger partial charge on any atom is 0.310 e. The first kappa shape index (κ1) is 19.9. The first-order valence-electron chi connectivity index (χ1n) is 8.36. The molecule has 0 saturated carbocycles. The van der Waals surface area contributed by atoms with Crippen LogP contribution in [0.4, 0.5) is 0 Å². The number of methoxy groups -OCH3 is 1. The normalized spacial score (nSPS) is 13.0. The van der Waals surface area contributed by atoms with Gasteiger partial charge in [0, 0.05) is 31.0 Å². The van der Waals surface area contributed by atoms with Crippen LogP contribution in [0.15, 0.2) is 30.3 Å². The zero-order valence-electron chi connectivity index (χ0n) is 15.0. The number of esters is 1. The summed E-state index contributed by atoms with van der Waals surface area (Å²) in [5.74, 6) is -0.882. The number of amides is 1. The molecule has 0 aliphatic carbocycles. The minimum atomic E-state index is -0.391. The SMILES string of the molecule is CCC(C)N(CC(C)C(=O)OC)C(=O)CCC(=O)c1ccccc1. The number of rotatable bonds is 9. The molecule has 132 valence electrons. The van der Waals surface area contributed by atoms with Crippen LogP contribution in [-0.2, 0) is 14.3 Å². The van der Waals surface area contributed by atoms with Gasteiger partial charge in [-0.05, 0) is 13.3 Å². The van der Waals surface area contributed by atoms with Crippen molar-refractivity contribution in [3.63, 3.8) is 0 Å². The fraction of sp³-hybridized carbons (Fsp3) is 0.526. The van der Waals surface area contributed by atoms with E-state index < -0.39 is 5.92 Å². The summed E-state index contributed by atoms with van der Waals surface area (Å²) >= 11 is 0. The van der Waals surface area contributed by atoms with Gasteiger partial charge in [0.25, 0.3) is 0 Å². The van der Waals surface area contributed by atoms with E-state index in [1.807, 2.05) is 19.9 Å². The second-order valence-corrected chi connectivity index (χ2v) is 6.02. The molecule has 0 heterocycles. The summed E-state index contributed by atoms with van der Waals surface area (Å²) in [6, 6.07) is 8.96. The van der Waals surface area contributed by atoms with E-state index in [0.717, 1.165) is 6.42 Å². The number of Topliss-reactive ketones (excluding diaryl/α,β-unsaturated/α-hetero) is 1. The van der Waals surface area contributed by atoms with E-state index in [1.165, 1.54) is 7.11 Å². The number of benzene rings is 1. The van der Waals surface area contributed by atoms with Gasteiger partial charge in [-0.1, -0.05) is 44.2 Å². The summed E-state index contributed by atoms with van der Waals surface area (Å²) in [7, 11) is 1.34. The Balaban J connectivity index is 2.67. The third kappa shape index (κ3) is 5.80. The maximum absolute atomic E-state index is 12.5. The summed E-state index contributed by atoms with van der Waals surface area (Å²) in [5, 5.41) is 0. The van der Waals surface area contributed by atoms with Crippen LogP contribution < -0.4 is 0 Å². The van der Waals surface area contributed by atoms with Gasteiger partial charge in [-0.15, -0.1) is 0 Å². The molecule has 0 radical (unpaired) electrons. The zero-order valence-corrected chi connectivity index (χ0v) is 15.0. The van der Waals surface area contributed by atoms with Gasteiger partial charge in [-0.2, -0.15) is 0 Å². The van der Waals surface area contributed by atoms with Crippen LogP contribution in [0.1, 0.15) is 50.4 Å². The van der Waals surface area contributed by atoms with E-state index >= 15 is 0 Å². The van der Waals surface area contributed by atoms with Gasteiger partial charge >= 0.3 is 5.97 Å². The van der Waals surface area contributed by atoms with E-state index in [1.54, 1.807) is 36.1 Å². The third-order valence-corrected chi connectivity index (χ3v) is 4.18. The average molecular weight is 333 g/mol. The Morgan fingerprint density at radius 2 is 1.71 bits per heavy atom. The molecule has 1 aromatic rings. The second-order valence-electron chi connectivity index (χ2n) is 6.02. The lowest BCUT2D eigenvalue weighted by molar-refractivity contribution is -0.147. The largest absolute Gasteiger partial charge is 0.469 e. The number of hydrogen-bond acceptors (Lipinski definition) is 4. The predicted molar refractivity (Wildman–Crippen MR) is 92.7 cm³/mol. The van der Waals surface area contributed by atoms with E-state index in [9.17, 15) is 14.4 Å². The Labute approximate surface area is 144 Å². The van der Waals surface area contributed by atoms with Crippen molar-refractivity contribution in [3.8, 4) is 0 Å². The molecule has 0 spiro atoms. The lowest BCUT2D eigenvalue weighted by Gasteiger charge is -2.30. The highest BCUT2D eigenvalue weighted by molar-refractivity contribution is 5.97. The van der Waals surface area contributed by atoms with E-state index in [4.69, 9.17) is 4.74 Å². The molecular weight excluding hydrogens is 306 g/mol. The van der Waals surface area contributed by atoms with Crippen LogP contribution in [0, 0.1) is 5.92 Å². The summed E-state index contributed by atoms with van der Waals surface area (Å²) in [6.45, 7) is 5.98. The number of ether oxygens (including phenoxy) is 1. The number of nitrogens with zero attached hydrogens (tertiary/aromatic N) is 1. The van der Waals surface area contributed by atoms with Crippen molar-refractivity contribution in [2.24, 2.45) is 5.92 Å². The molecule has 5 heteroatoms. The van der Waals surface area contributed by atoms with Crippen molar-refractivity contribution in [1.29, 1.82) is 0 Å². The van der Waals surface area contributed by atoms with E-state index in [-0.39, 0.29) is 36.5 Å². The Hall–Kier alpha value is -2.17. The molecule has 0 saturated heterocycles. The number of hydrogen-bond donors (Lipinski definition) is 0. The summed E-state index contributed by atoms with van der Waals surface area (Å²) in [5.41, 5.74) is 0.614. The summed E-state index contributed by atoms with van der Waals surface area (Å²) < 4.78 is 4.73. The van der Waals surface area contributed by atoms with Crippen LogP contribution in [0.3, 0.4) is 0 Å². The first-order valence-corrected chi connectivity index (χ1v) is 8.36. The second kappa shape index (κ2) is 9.85. The Morgan fingerprint density at radius 3 is 2.25 bits per heavy atom. The van der Waals surface area contributed by atoms with Gasteiger partial charge in [0.2, 0.25) is 5.91 Å². The molecule has 0 fully saturated rings. The van der Waals surface area contributed by atoms with Crippen molar-refractivity contribution in [2.45, 2.75) is 46.1 Å². The fourth-order valence-electron chi connectivity index (χ4n) is 2.45. The number of ketones is 1. The molecule has 24 heavy (non-hydrogen) atoms. The van der Waals surface area contributed by atoms with E-state index in [2.05, 4.69) is 0 Å². The minimum absolute atomic E-state index is 0.0106. The topological polar surface area (TPSA) is 63.7 Å². The van der Waals surface area contributed by atoms with Gasteiger partial charge in [-0.3, -0.25) is 14.4 Å². The number of carbonyl (C=O) groups excluding carboxylic acids is 3. The molecule has 2 unspecified atom stereocenters. The smallest absolute Gasteiger partial charge is 0.310 e. The van der Waals surface area contributed by atoms with E-state index in [0.29, 0.717) is 12.1 Å². The summed E-state index contributed by atoms with van der Waals surface area (Å²) in [4.78, 5) is 38.0. The standard InChI is InChI=1S/C19H27NO4/c1-5-15(3)20(13-14(2)19(23)24-4)18(22)12-11-17(21)16-9-7-6-8-10-16/h6-10,14-15H,5,11-13H2,1-4H3. The zero-order chi connectivity index (χ0) is 18.1. The molecule has 0 N–H and O–H groups in total. The van der Waals surface area contributed by atoms with Gasteiger partial charge < -0.3 is 9.64 Å². The highest BCUT2D eigenvalue weighted by Crippen LogP contribution is 2.13. The van der Waals surface area contributed by atoms with Crippen LogP contribution in [-0.4, -0.2) is 42.3 Å². The third-order valence-electron chi connectivity index (χ3n) is 4.18. The molecule has 1 aromatic carbocycles. The van der Waals surface area contributed by atoms with Crippen LogP contribution >= 0.6 is 0 Å². The minimum Gasteiger partial charge on any atom is -0.469 e. The predicted octanol–water partition coefficient (Wildman–Crippen LogP) is 3.09. The quantitative estimate of drug-likeness (QED) is 0.514. The van der Waals surface area contributed by atoms with Gasteiger partial charge in [-0.25, -0.2) is 0 Å². The van der Waals surface area contributed by atoms with Gasteiger partial charge in [0.05, 0.1) is 13.0 Å². The average Bonchev–Trinajstić information content (AvgIpc) is 2.62. The molecule has 0 bridgehead atoms. The monoisotopic (exact) mass is 333 g/mol. The van der Waals surface area contributed by atoms with Gasteiger partial charge in [0.15, 0.2) is 5.78 Å². The molecule has 5 nitrogen and oxygen atoms in total. The molecular formula is C19H27NO4. The fourth-order valence-corrected chi connectivity index (χ4v) is 2.45. The molecule has 1 amide bonds. The lowest BCUT2D eigenvalue weighted by atomic mass is 10.0. The van der Waals surface area contributed by atoms with Crippen molar-refractivity contribution >= 4 is 17.7 Å².